The number of aliphatic hydroxyl groups excluding tert-OH is 2. The van der Waals surface area contributed by atoms with E-state index in [2.05, 4.69) is 109 Å². The standard InChI is InChI=1S/C30H34N6O2.C22H25N5.C8H9NO3.CH4/c1-3-4-9-26-35-27-28(23-7-5-6-8-25(23)34-30(27)31)36(26)17-21-12-10-20(11-13-21)14-32-16-24-22(18-37)15-33-19(2)29(24)38;1-2-3-8-19-26-20-21(17-6-4-5-7-18(17)25-22(20)24)27(19)14-16-11-9-15(13-23)10-12-16;1-5-8(12)7(4-11)6(3-10)2-9-5;/h5-8,10-13,15,32,37-38H,3-4,9,14,16-18H2,1-2H3,(H2,31,34);4-7,9-12H,2-3,8,13-14,23H2,1H3,(H2,24,25);2,4,10,12H,3H2,1H3;1H4. The highest BCUT2D eigenvalue weighted by molar-refractivity contribution is 6.07. The van der Waals surface area contributed by atoms with Crippen molar-refractivity contribution in [3.05, 3.63) is 177 Å². The Balaban J connectivity index is 0.000000191. The first-order valence-corrected chi connectivity index (χ1v) is 26.0. The van der Waals surface area contributed by atoms with Crippen molar-refractivity contribution in [3.8, 4) is 11.5 Å². The van der Waals surface area contributed by atoms with Crippen molar-refractivity contribution in [1.29, 1.82) is 0 Å². The minimum Gasteiger partial charge on any atom is -0.506 e. The Morgan fingerprint density at radius 3 is 1.50 bits per heavy atom. The van der Waals surface area contributed by atoms with E-state index in [0.29, 0.717) is 72.2 Å². The summed E-state index contributed by atoms with van der Waals surface area (Å²) in [6.07, 6.45) is 9.69. The first kappa shape index (κ1) is 57.4. The van der Waals surface area contributed by atoms with E-state index < -0.39 is 0 Å². The maximum Gasteiger partial charge on any atom is 0.154 e. The van der Waals surface area contributed by atoms with Gasteiger partial charge in [-0.3, -0.25) is 14.8 Å². The topological polar surface area (TPSA) is 275 Å². The Labute approximate surface area is 454 Å². The van der Waals surface area contributed by atoms with Crippen LogP contribution in [0, 0.1) is 13.8 Å². The number of pyridine rings is 4. The first-order valence-electron chi connectivity index (χ1n) is 26.0. The van der Waals surface area contributed by atoms with Gasteiger partial charge in [-0.1, -0.05) is 119 Å². The lowest BCUT2D eigenvalue weighted by atomic mass is 10.1. The van der Waals surface area contributed by atoms with Crippen LogP contribution in [0.15, 0.2) is 109 Å². The number of carbonyl (C=O) groups excluding carboxylic acids is 1. The molecule has 0 saturated carbocycles. The lowest BCUT2D eigenvalue weighted by Gasteiger charge is -2.13. The van der Waals surface area contributed by atoms with E-state index in [0.717, 1.165) is 112 Å². The Bertz CT molecular complexity index is 3650. The number of aldehydes is 1. The molecule has 0 radical (unpaired) electrons. The number of nitrogens with zero attached hydrogens (tertiary/aromatic N) is 8. The molecule has 0 spiro atoms. The largest absolute Gasteiger partial charge is 0.506 e. The molecule has 0 aliphatic heterocycles. The molecule has 406 valence electrons. The van der Waals surface area contributed by atoms with Gasteiger partial charge >= 0.3 is 0 Å². The molecule has 10 aromatic rings. The number of aromatic hydroxyl groups is 2. The van der Waals surface area contributed by atoms with Crippen LogP contribution in [0.1, 0.15) is 119 Å². The Morgan fingerprint density at radius 2 is 1.04 bits per heavy atom. The molecule has 17 nitrogen and oxygen atoms in total. The molecule has 17 heteroatoms. The minimum atomic E-state index is -0.297. The van der Waals surface area contributed by atoms with Gasteiger partial charge in [0, 0.05) is 85.4 Å². The number of nitrogens with one attached hydrogen (secondary N) is 1. The van der Waals surface area contributed by atoms with Crippen LogP contribution in [-0.2, 0) is 58.8 Å². The Morgan fingerprint density at radius 1 is 0.590 bits per heavy atom. The highest BCUT2D eigenvalue weighted by Crippen LogP contribution is 2.32. The number of anilines is 2. The van der Waals surface area contributed by atoms with Gasteiger partial charge in [0.15, 0.2) is 17.9 Å². The van der Waals surface area contributed by atoms with Crippen LogP contribution >= 0.6 is 0 Å². The monoisotopic (exact) mass is 1050 g/mol. The van der Waals surface area contributed by atoms with Crippen LogP contribution in [0.4, 0.5) is 11.6 Å². The van der Waals surface area contributed by atoms with Crippen molar-refractivity contribution >= 4 is 61.8 Å². The van der Waals surface area contributed by atoms with Gasteiger partial charge in [0.25, 0.3) is 0 Å². The number of benzene rings is 4. The molecule has 6 heterocycles. The fraction of sp³-hybridized carbons (Fsp3) is 0.295. The molecule has 0 fully saturated rings. The summed E-state index contributed by atoms with van der Waals surface area (Å²) in [7, 11) is 0. The summed E-state index contributed by atoms with van der Waals surface area (Å²) in [4.78, 5) is 37.3. The van der Waals surface area contributed by atoms with Gasteiger partial charge in [-0.15, -0.1) is 0 Å². The van der Waals surface area contributed by atoms with Gasteiger partial charge in [-0.25, -0.2) is 19.9 Å². The lowest BCUT2D eigenvalue weighted by Crippen LogP contribution is -2.15. The number of imidazole rings is 2. The van der Waals surface area contributed by atoms with Crippen LogP contribution in [-0.4, -0.2) is 65.8 Å². The van der Waals surface area contributed by atoms with Gasteiger partial charge < -0.3 is 52.1 Å². The number of carbonyl (C=O) groups is 1. The average molecular weight is 1050 g/mol. The summed E-state index contributed by atoms with van der Waals surface area (Å²) in [5.41, 5.74) is 31.2. The van der Waals surface area contributed by atoms with Crippen LogP contribution in [0.3, 0.4) is 0 Å². The predicted molar refractivity (Wildman–Crippen MR) is 311 cm³/mol. The smallest absolute Gasteiger partial charge is 0.154 e. The molecule has 0 bridgehead atoms. The van der Waals surface area contributed by atoms with Crippen molar-refractivity contribution in [2.24, 2.45) is 5.73 Å². The van der Waals surface area contributed by atoms with Crippen LogP contribution in [0.25, 0.3) is 43.9 Å². The number of unbranched alkanes of at least 4 members (excludes halogenated alkanes) is 2. The van der Waals surface area contributed by atoms with E-state index in [-0.39, 0.29) is 37.7 Å². The number of nitrogen functional groups attached to an aromatic ring is 2. The third kappa shape index (κ3) is 12.7. The van der Waals surface area contributed by atoms with Crippen LogP contribution in [0.5, 0.6) is 11.5 Å². The van der Waals surface area contributed by atoms with Crippen molar-refractivity contribution in [1.82, 2.24) is 44.4 Å². The van der Waals surface area contributed by atoms with Crippen molar-refractivity contribution < 1.29 is 25.2 Å². The molecule has 0 aliphatic carbocycles. The fourth-order valence-electron chi connectivity index (χ4n) is 9.37. The summed E-state index contributed by atoms with van der Waals surface area (Å²) >= 11 is 0. The first-order chi connectivity index (χ1) is 37.4. The van der Waals surface area contributed by atoms with E-state index in [1.54, 1.807) is 20.0 Å². The molecular formula is C61H72N12O5. The SMILES string of the molecule is C.CCCCc1nc2c(N)nc3ccccc3c2n1Cc1ccc(CN)cc1.CCCCc1nc2c(N)nc3ccccc3c2n1Cc1ccc(CNCc2c(CO)cnc(C)c2O)cc1.Cc1ncc(CO)c(C=O)c1O. The second-order valence-electron chi connectivity index (χ2n) is 19.1. The second-order valence-corrected chi connectivity index (χ2v) is 19.1. The third-order valence-electron chi connectivity index (χ3n) is 13.7. The maximum absolute atomic E-state index is 10.5. The molecule has 11 N–H and O–H groups in total. The molecule has 0 amide bonds. The molecule has 4 aromatic carbocycles. The highest BCUT2D eigenvalue weighted by atomic mass is 16.3. The maximum atomic E-state index is 10.5. The highest BCUT2D eigenvalue weighted by Gasteiger charge is 2.20. The number of aryl methyl sites for hydroxylation is 4. The molecule has 0 saturated heterocycles. The van der Waals surface area contributed by atoms with E-state index in [4.69, 9.17) is 32.3 Å². The Hall–Kier alpha value is -8.35. The number of aromatic nitrogens is 8. The van der Waals surface area contributed by atoms with Gasteiger partial charge in [-0.2, -0.15) is 0 Å². The molecule has 10 rings (SSSR count). The number of aliphatic hydroxyl groups is 2. The van der Waals surface area contributed by atoms with Crippen LogP contribution < -0.4 is 22.5 Å². The fourth-order valence-corrected chi connectivity index (χ4v) is 9.37. The van der Waals surface area contributed by atoms with E-state index >= 15 is 0 Å². The quantitative estimate of drug-likeness (QED) is 0.0371. The number of para-hydroxylation sites is 2. The number of hydrogen-bond donors (Lipinski definition) is 8. The molecule has 0 aliphatic rings. The second kappa shape index (κ2) is 26.6. The van der Waals surface area contributed by atoms with E-state index in [9.17, 15) is 20.1 Å². The summed E-state index contributed by atoms with van der Waals surface area (Å²) < 4.78 is 4.60. The van der Waals surface area contributed by atoms with Gasteiger partial charge in [-0.05, 0) is 61.1 Å². The molecule has 0 unspecified atom stereocenters. The van der Waals surface area contributed by atoms with Gasteiger partial charge in [0.2, 0.25) is 0 Å². The molecule has 6 aromatic heterocycles. The summed E-state index contributed by atoms with van der Waals surface area (Å²) in [5, 5.41) is 43.6. The minimum absolute atomic E-state index is 0. The van der Waals surface area contributed by atoms with E-state index in [1.807, 2.05) is 36.4 Å². The van der Waals surface area contributed by atoms with Gasteiger partial charge in [0.1, 0.15) is 34.2 Å². The zero-order chi connectivity index (χ0) is 54.6. The summed E-state index contributed by atoms with van der Waals surface area (Å²) in [6.45, 7) is 10.4. The van der Waals surface area contributed by atoms with Gasteiger partial charge in [0.05, 0.1) is 52.2 Å². The van der Waals surface area contributed by atoms with Crippen molar-refractivity contribution in [2.75, 3.05) is 11.5 Å². The normalized spacial score (nSPS) is 11.1. The third-order valence-corrected chi connectivity index (χ3v) is 13.7. The van der Waals surface area contributed by atoms with E-state index in [1.165, 1.54) is 17.3 Å². The number of fused-ring (bicyclic) bond motifs is 6. The van der Waals surface area contributed by atoms with Crippen molar-refractivity contribution in [2.45, 2.75) is 120 Å². The summed E-state index contributed by atoms with van der Waals surface area (Å²) in [6, 6.07) is 33.2. The number of hydrogen-bond acceptors (Lipinski definition) is 15. The number of rotatable bonds is 18. The summed E-state index contributed by atoms with van der Waals surface area (Å²) in [5.74, 6) is 3.05. The molecule has 78 heavy (non-hydrogen) atoms. The number of nitrogens with two attached hydrogens (primary N) is 3. The lowest BCUT2D eigenvalue weighted by molar-refractivity contribution is 0.111. The zero-order valence-electron chi connectivity index (χ0n) is 44.2. The Kier molecular flexibility index (Phi) is 19.6. The predicted octanol–water partition coefficient (Wildman–Crippen LogP) is 9.80. The van der Waals surface area contributed by atoms with Crippen molar-refractivity contribution in [3.63, 3.8) is 0 Å². The van der Waals surface area contributed by atoms with Crippen LogP contribution in [0.2, 0.25) is 0 Å². The molecular weight excluding hydrogens is 981 g/mol. The zero-order valence-corrected chi connectivity index (χ0v) is 44.2. The average Bonchev–Trinajstić information content (AvgIpc) is 4.08. The molecule has 0 atom stereocenters.